The maximum atomic E-state index is 12.6. The Balaban J connectivity index is 1.76. The summed E-state index contributed by atoms with van der Waals surface area (Å²) in [6, 6.07) is 15.4. The van der Waals surface area contributed by atoms with E-state index in [9.17, 15) is 4.79 Å². The summed E-state index contributed by atoms with van der Waals surface area (Å²) in [6.45, 7) is 2.13. The Morgan fingerprint density at radius 2 is 1.73 bits per heavy atom. The number of halogens is 1. The number of nitrogens with zero attached hydrogens (tertiary/aromatic N) is 1. The van der Waals surface area contributed by atoms with Gasteiger partial charge in [0.1, 0.15) is 12.4 Å². The van der Waals surface area contributed by atoms with Crippen LogP contribution in [-0.4, -0.2) is 23.9 Å². The minimum absolute atomic E-state index is 0.0697. The van der Waals surface area contributed by atoms with Crippen molar-refractivity contribution in [3.05, 3.63) is 64.1 Å². The number of benzene rings is 2. The third-order valence-corrected chi connectivity index (χ3v) is 4.63. The molecule has 2 aromatic carbocycles. The monoisotopic (exact) mass is 359 g/mol. The first-order chi connectivity index (χ1) is 10.8. The molecular formula is C18H18BrNO2. The predicted octanol–water partition coefficient (Wildman–Crippen LogP) is 4.26. The SMILES string of the molecule is O=C(c1ccccc1OCc1ccccc1Br)N1CCCC1. The van der Waals surface area contributed by atoms with Gasteiger partial charge < -0.3 is 9.64 Å². The molecule has 1 aliphatic rings. The molecule has 114 valence electrons. The van der Waals surface area contributed by atoms with Gasteiger partial charge in [0, 0.05) is 23.1 Å². The number of likely N-dealkylation sites (tertiary alicyclic amines) is 1. The molecule has 1 amide bonds. The summed E-state index contributed by atoms with van der Waals surface area (Å²) in [5.41, 5.74) is 1.71. The normalized spacial score (nSPS) is 14.1. The van der Waals surface area contributed by atoms with Crippen LogP contribution in [0.5, 0.6) is 5.75 Å². The molecule has 4 heteroatoms. The van der Waals surface area contributed by atoms with E-state index in [1.54, 1.807) is 0 Å². The summed E-state index contributed by atoms with van der Waals surface area (Å²) in [7, 11) is 0. The second-order valence-corrected chi connectivity index (χ2v) is 6.23. The second-order valence-electron chi connectivity index (χ2n) is 5.38. The topological polar surface area (TPSA) is 29.5 Å². The van der Waals surface area contributed by atoms with Gasteiger partial charge in [0.05, 0.1) is 5.56 Å². The van der Waals surface area contributed by atoms with Crippen molar-refractivity contribution in [1.29, 1.82) is 0 Å². The van der Waals surface area contributed by atoms with Crippen LogP contribution in [0.4, 0.5) is 0 Å². The number of amides is 1. The number of para-hydroxylation sites is 1. The van der Waals surface area contributed by atoms with Crippen molar-refractivity contribution in [3.8, 4) is 5.75 Å². The summed E-state index contributed by atoms with van der Waals surface area (Å²) < 4.78 is 6.92. The lowest BCUT2D eigenvalue weighted by atomic mass is 10.1. The molecular weight excluding hydrogens is 342 g/mol. The molecule has 0 atom stereocenters. The number of hydrogen-bond acceptors (Lipinski definition) is 2. The fourth-order valence-corrected chi connectivity index (χ4v) is 3.03. The molecule has 1 aliphatic heterocycles. The molecule has 0 aromatic heterocycles. The van der Waals surface area contributed by atoms with Gasteiger partial charge in [-0.2, -0.15) is 0 Å². The van der Waals surface area contributed by atoms with Crippen LogP contribution in [-0.2, 0) is 6.61 Å². The molecule has 3 rings (SSSR count). The average molecular weight is 360 g/mol. The first kappa shape index (κ1) is 15.1. The number of carbonyl (C=O) groups is 1. The van der Waals surface area contributed by atoms with Crippen LogP contribution in [0.2, 0.25) is 0 Å². The minimum Gasteiger partial charge on any atom is -0.488 e. The third kappa shape index (κ3) is 3.33. The number of hydrogen-bond donors (Lipinski definition) is 0. The molecule has 22 heavy (non-hydrogen) atoms. The van der Waals surface area contributed by atoms with Gasteiger partial charge in [-0.05, 0) is 31.0 Å². The fraction of sp³-hybridized carbons (Fsp3) is 0.278. The molecule has 0 unspecified atom stereocenters. The maximum Gasteiger partial charge on any atom is 0.257 e. The van der Waals surface area contributed by atoms with Crippen LogP contribution in [0, 0.1) is 0 Å². The van der Waals surface area contributed by atoms with Crippen molar-refractivity contribution in [1.82, 2.24) is 4.90 Å². The number of ether oxygens (including phenoxy) is 1. The zero-order chi connectivity index (χ0) is 15.4. The summed E-state index contributed by atoms with van der Waals surface area (Å²) in [5, 5.41) is 0. The zero-order valence-electron chi connectivity index (χ0n) is 12.3. The van der Waals surface area contributed by atoms with Crippen LogP contribution >= 0.6 is 15.9 Å². The van der Waals surface area contributed by atoms with Crippen LogP contribution < -0.4 is 4.74 Å². The summed E-state index contributed by atoms with van der Waals surface area (Å²) in [5.74, 6) is 0.718. The van der Waals surface area contributed by atoms with Gasteiger partial charge in [-0.25, -0.2) is 0 Å². The molecule has 1 fully saturated rings. The summed E-state index contributed by atoms with van der Waals surface area (Å²) in [4.78, 5) is 14.5. The van der Waals surface area contributed by atoms with E-state index in [0.29, 0.717) is 17.9 Å². The lowest BCUT2D eigenvalue weighted by Gasteiger charge is -2.18. The third-order valence-electron chi connectivity index (χ3n) is 3.85. The van der Waals surface area contributed by atoms with Crippen LogP contribution in [0.1, 0.15) is 28.8 Å². The quantitative estimate of drug-likeness (QED) is 0.815. The van der Waals surface area contributed by atoms with E-state index in [2.05, 4.69) is 15.9 Å². The molecule has 0 bridgehead atoms. The summed E-state index contributed by atoms with van der Waals surface area (Å²) in [6.07, 6.45) is 2.18. The Morgan fingerprint density at radius 3 is 2.50 bits per heavy atom. The van der Waals surface area contributed by atoms with Gasteiger partial charge in [-0.3, -0.25) is 4.79 Å². The molecule has 0 aliphatic carbocycles. The summed E-state index contributed by atoms with van der Waals surface area (Å²) >= 11 is 3.52. The molecule has 3 nitrogen and oxygen atoms in total. The predicted molar refractivity (Wildman–Crippen MR) is 90.1 cm³/mol. The Hall–Kier alpha value is -1.81. The van der Waals surface area contributed by atoms with Gasteiger partial charge in [0.25, 0.3) is 5.91 Å². The van der Waals surface area contributed by atoms with Crippen molar-refractivity contribution < 1.29 is 9.53 Å². The van der Waals surface area contributed by atoms with Gasteiger partial charge in [-0.15, -0.1) is 0 Å². The van der Waals surface area contributed by atoms with Crippen molar-refractivity contribution in [3.63, 3.8) is 0 Å². The van der Waals surface area contributed by atoms with Crippen LogP contribution in [0.25, 0.3) is 0 Å². The Labute approximate surface area is 139 Å². The lowest BCUT2D eigenvalue weighted by Crippen LogP contribution is -2.28. The Kier molecular flexibility index (Phi) is 4.78. The smallest absolute Gasteiger partial charge is 0.257 e. The zero-order valence-corrected chi connectivity index (χ0v) is 13.9. The first-order valence-electron chi connectivity index (χ1n) is 7.50. The van der Waals surface area contributed by atoms with Crippen LogP contribution in [0.15, 0.2) is 53.0 Å². The van der Waals surface area contributed by atoms with E-state index in [4.69, 9.17) is 4.74 Å². The highest BCUT2D eigenvalue weighted by atomic mass is 79.9. The fourth-order valence-electron chi connectivity index (χ4n) is 2.63. The van der Waals surface area contributed by atoms with Crippen molar-refractivity contribution in [2.45, 2.75) is 19.4 Å². The van der Waals surface area contributed by atoms with E-state index >= 15 is 0 Å². The largest absolute Gasteiger partial charge is 0.488 e. The van der Waals surface area contributed by atoms with Crippen molar-refractivity contribution in [2.24, 2.45) is 0 Å². The van der Waals surface area contributed by atoms with Gasteiger partial charge in [0.15, 0.2) is 0 Å². The van der Waals surface area contributed by atoms with Gasteiger partial charge in [-0.1, -0.05) is 46.3 Å². The van der Waals surface area contributed by atoms with Crippen molar-refractivity contribution in [2.75, 3.05) is 13.1 Å². The van der Waals surface area contributed by atoms with E-state index in [0.717, 1.165) is 36.0 Å². The van der Waals surface area contributed by atoms with E-state index in [-0.39, 0.29) is 5.91 Å². The molecule has 0 saturated carbocycles. The molecule has 0 N–H and O–H groups in total. The maximum absolute atomic E-state index is 12.6. The molecule has 0 radical (unpaired) electrons. The highest BCUT2D eigenvalue weighted by Crippen LogP contribution is 2.24. The standard InChI is InChI=1S/C18H18BrNO2/c19-16-9-3-1-7-14(16)13-22-17-10-4-2-8-15(17)18(21)20-11-5-6-12-20/h1-4,7-10H,5-6,11-13H2. The Bertz CT molecular complexity index is 666. The first-order valence-corrected chi connectivity index (χ1v) is 8.29. The molecule has 0 spiro atoms. The van der Waals surface area contributed by atoms with E-state index < -0.39 is 0 Å². The second kappa shape index (κ2) is 6.97. The van der Waals surface area contributed by atoms with E-state index in [1.165, 1.54) is 0 Å². The highest BCUT2D eigenvalue weighted by molar-refractivity contribution is 9.10. The average Bonchev–Trinajstić information content (AvgIpc) is 3.08. The molecule has 1 saturated heterocycles. The van der Waals surface area contributed by atoms with Crippen LogP contribution in [0.3, 0.4) is 0 Å². The van der Waals surface area contributed by atoms with Gasteiger partial charge in [0.2, 0.25) is 0 Å². The molecule has 2 aromatic rings. The highest BCUT2D eigenvalue weighted by Gasteiger charge is 2.22. The lowest BCUT2D eigenvalue weighted by molar-refractivity contribution is 0.0788. The van der Waals surface area contributed by atoms with Crippen molar-refractivity contribution >= 4 is 21.8 Å². The number of carbonyl (C=O) groups excluding carboxylic acids is 1. The number of rotatable bonds is 4. The Morgan fingerprint density at radius 1 is 1.05 bits per heavy atom. The minimum atomic E-state index is 0.0697. The molecule has 1 heterocycles. The van der Waals surface area contributed by atoms with Gasteiger partial charge >= 0.3 is 0 Å². The van der Waals surface area contributed by atoms with E-state index in [1.807, 2.05) is 53.4 Å².